The van der Waals surface area contributed by atoms with E-state index in [-0.39, 0.29) is 12.0 Å². The summed E-state index contributed by atoms with van der Waals surface area (Å²) < 4.78 is 12.0. The highest BCUT2D eigenvalue weighted by Gasteiger charge is 2.30. The van der Waals surface area contributed by atoms with Gasteiger partial charge in [-0.25, -0.2) is 4.79 Å². The highest BCUT2D eigenvalue weighted by molar-refractivity contribution is 9.10. The lowest BCUT2D eigenvalue weighted by molar-refractivity contribution is -0.139. The highest BCUT2D eigenvalue weighted by atomic mass is 79.9. The molecule has 1 unspecified atom stereocenters. The summed E-state index contributed by atoms with van der Waals surface area (Å²) in [4.78, 5) is 28.0. The Labute approximate surface area is 157 Å². The van der Waals surface area contributed by atoms with Gasteiger partial charge in [-0.2, -0.15) is 0 Å². The Hall–Kier alpha value is -1.76. The van der Waals surface area contributed by atoms with Crippen molar-refractivity contribution in [2.24, 2.45) is 0 Å². The van der Waals surface area contributed by atoms with Crippen molar-refractivity contribution in [1.82, 2.24) is 9.80 Å². The highest BCUT2D eigenvalue weighted by Crippen LogP contribution is 2.18. The van der Waals surface area contributed by atoms with Crippen LogP contribution in [0.3, 0.4) is 0 Å². The first-order valence-electron chi connectivity index (χ1n) is 8.34. The molecule has 1 saturated heterocycles. The van der Waals surface area contributed by atoms with E-state index in [2.05, 4.69) is 15.9 Å². The summed E-state index contributed by atoms with van der Waals surface area (Å²) in [6.45, 7) is 9.14. The molecule has 0 N–H and O–H groups in total. The summed E-state index contributed by atoms with van der Waals surface area (Å²) in [6.07, 6.45) is -0.909. The van der Waals surface area contributed by atoms with Crippen molar-refractivity contribution in [3.63, 3.8) is 0 Å². The molecule has 0 radical (unpaired) electrons. The third kappa shape index (κ3) is 5.92. The average molecular weight is 413 g/mol. The predicted molar refractivity (Wildman–Crippen MR) is 98.6 cm³/mol. The largest absolute Gasteiger partial charge is 0.481 e. The number of halogens is 1. The smallest absolute Gasteiger partial charge is 0.410 e. The first-order valence-corrected chi connectivity index (χ1v) is 9.14. The van der Waals surface area contributed by atoms with Crippen LogP contribution >= 0.6 is 15.9 Å². The van der Waals surface area contributed by atoms with Crippen molar-refractivity contribution < 1.29 is 19.1 Å². The van der Waals surface area contributed by atoms with Gasteiger partial charge in [0.1, 0.15) is 11.4 Å². The van der Waals surface area contributed by atoms with E-state index < -0.39 is 11.7 Å². The van der Waals surface area contributed by atoms with Crippen molar-refractivity contribution in [1.29, 1.82) is 0 Å². The molecule has 1 aromatic rings. The van der Waals surface area contributed by atoms with E-state index in [0.717, 1.165) is 4.47 Å². The van der Waals surface area contributed by atoms with E-state index >= 15 is 0 Å². The van der Waals surface area contributed by atoms with Gasteiger partial charge in [-0.15, -0.1) is 0 Å². The van der Waals surface area contributed by atoms with Crippen LogP contribution in [0.2, 0.25) is 0 Å². The second-order valence-corrected chi connectivity index (χ2v) is 7.92. The van der Waals surface area contributed by atoms with Gasteiger partial charge < -0.3 is 19.3 Å². The van der Waals surface area contributed by atoms with Crippen molar-refractivity contribution in [3.05, 3.63) is 28.7 Å². The van der Waals surface area contributed by atoms with Gasteiger partial charge in [0.15, 0.2) is 6.10 Å². The van der Waals surface area contributed by atoms with Crippen LogP contribution in [0.25, 0.3) is 0 Å². The van der Waals surface area contributed by atoms with Gasteiger partial charge in [0, 0.05) is 30.7 Å². The summed E-state index contributed by atoms with van der Waals surface area (Å²) in [6, 6.07) is 7.36. The monoisotopic (exact) mass is 412 g/mol. The molecule has 0 spiro atoms. The summed E-state index contributed by atoms with van der Waals surface area (Å²) in [5.74, 6) is 0.572. The van der Waals surface area contributed by atoms with Crippen molar-refractivity contribution in [2.75, 3.05) is 26.2 Å². The van der Waals surface area contributed by atoms with Crippen molar-refractivity contribution >= 4 is 27.9 Å². The van der Waals surface area contributed by atoms with Crippen molar-refractivity contribution in [3.8, 4) is 5.75 Å². The zero-order valence-electron chi connectivity index (χ0n) is 15.1. The molecule has 1 aliphatic heterocycles. The second-order valence-electron chi connectivity index (χ2n) is 7.01. The minimum atomic E-state index is -0.575. The van der Waals surface area contributed by atoms with Crippen LogP contribution in [-0.4, -0.2) is 59.7 Å². The fourth-order valence-electron chi connectivity index (χ4n) is 2.46. The summed E-state index contributed by atoms with van der Waals surface area (Å²) >= 11 is 3.37. The van der Waals surface area contributed by atoms with Gasteiger partial charge in [-0.3, -0.25) is 4.79 Å². The summed E-state index contributed by atoms with van der Waals surface area (Å²) in [5, 5.41) is 0. The normalized spacial score (nSPS) is 16.4. The molecule has 1 heterocycles. The SMILES string of the molecule is CC(Oc1ccc(Br)cc1)C(=O)N1CCN(C(=O)OC(C)(C)C)CC1. The minimum Gasteiger partial charge on any atom is -0.481 e. The lowest BCUT2D eigenvalue weighted by Gasteiger charge is -2.36. The molecule has 7 heteroatoms. The molecule has 0 bridgehead atoms. The van der Waals surface area contributed by atoms with Crippen molar-refractivity contribution in [2.45, 2.75) is 39.4 Å². The molecule has 1 aliphatic rings. The Balaban J connectivity index is 1.84. The number of nitrogens with zero attached hydrogens (tertiary/aromatic N) is 2. The maximum absolute atomic E-state index is 12.5. The van der Waals surface area contributed by atoms with Crippen LogP contribution in [0.5, 0.6) is 5.75 Å². The Bertz CT molecular complexity index is 604. The number of piperazine rings is 1. The molecular weight excluding hydrogens is 388 g/mol. The Morgan fingerprint density at radius 3 is 2.08 bits per heavy atom. The number of amides is 2. The van der Waals surface area contributed by atoms with E-state index in [1.807, 2.05) is 45.0 Å². The molecule has 0 saturated carbocycles. The zero-order valence-corrected chi connectivity index (χ0v) is 16.7. The quantitative estimate of drug-likeness (QED) is 0.763. The molecule has 138 valence electrons. The lowest BCUT2D eigenvalue weighted by Crippen LogP contribution is -2.53. The fourth-order valence-corrected chi connectivity index (χ4v) is 2.73. The van der Waals surface area contributed by atoms with Crippen LogP contribution < -0.4 is 4.74 Å². The molecule has 0 aromatic heterocycles. The third-order valence-corrected chi connectivity index (χ3v) is 4.25. The number of benzene rings is 1. The number of rotatable bonds is 3. The van der Waals surface area contributed by atoms with Crippen LogP contribution in [0, 0.1) is 0 Å². The van der Waals surface area contributed by atoms with Crippen LogP contribution in [0.4, 0.5) is 4.79 Å². The molecule has 6 nitrogen and oxygen atoms in total. The van der Waals surface area contributed by atoms with Gasteiger partial charge in [0.05, 0.1) is 0 Å². The molecular formula is C18H25BrN2O4. The first-order chi connectivity index (χ1) is 11.7. The van der Waals surface area contributed by atoms with Crippen LogP contribution in [0.1, 0.15) is 27.7 Å². The topological polar surface area (TPSA) is 59.1 Å². The molecule has 2 rings (SSSR count). The molecule has 1 atom stereocenters. The third-order valence-electron chi connectivity index (χ3n) is 3.72. The van der Waals surface area contributed by atoms with Crippen LogP contribution in [0.15, 0.2) is 28.7 Å². The maximum Gasteiger partial charge on any atom is 0.410 e. The number of hydrogen-bond donors (Lipinski definition) is 0. The Kier molecular flexibility index (Phi) is 6.32. The zero-order chi connectivity index (χ0) is 18.6. The van der Waals surface area contributed by atoms with Gasteiger partial charge >= 0.3 is 6.09 Å². The number of carbonyl (C=O) groups is 2. The van der Waals surface area contributed by atoms with Gasteiger partial charge in [-0.1, -0.05) is 15.9 Å². The summed E-state index contributed by atoms with van der Waals surface area (Å²) in [7, 11) is 0. The van der Waals surface area contributed by atoms with E-state index in [9.17, 15) is 9.59 Å². The Morgan fingerprint density at radius 2 is 1.56 bits per heavy atom. The number of hydrogen-bond acceptors (Lipinski definition) is 4. The summed E-state index contributed by atoms with van der Waals surface area (Å²) in [5.41, 5.74) is -0.517. The lowest BCUT2D eigenvalue weighted by atomic mass is 10.2. The second kappa shape index (κ2) is 8.08. The molecule has 1 fully saturated rings. The Morgan fingerprint density at radius 1 is 1.04 bits per heavy atom. The molecule has 25 heavy (non-hydrogen) atoms. The van der Waals surface area contributed by atoms with Crippen LogP contribution in [-0.2, 0) is 9.53 Å². The molecule has 1 aromatic carbocycles. The van der Waals surface area contributed by atoms with E-state index in [4.69, 9.17) is 9.47 Å². The standard InChI is InChI=1S/C18H25BrN2O4/c1-13(24-15-7-5-14(19)6-8-15)16(22)20-9-11-21(12-10-20)17(23)25-18(2,3)4/h5-8,13H,9-12H2,1-4H3. The van der Waals surface area contributed by atoms with Gasteiger partial charge in [-0.05, 0) is 52.0 Å². The van der Waals surface area contributed by atoms with E-state index in [1.54, 1.807) is 16.7 Å². The molecule has 2 amide bonds. The molecule has 0 aliphatic carbocycles. The number of carbonyl (C=O) groups excluding carboxylic acids is 2. The number of ether oxygens (including phenoxy) is 2. The van der Waals surface area contributed by atoms with Gasteiger partial charge in [0.25, 0.3) is 5.91 Å². The van der Waals surface area contributed by atoms with E-state index in [1.165, 1.54) is 0 Å². The fraction of sp³-hybridized carbons (Fsp3) is 0.556. The first kappa shape index (κ1) is 19.6. The van der Waals surface area contributed by atoms with Gasteiger partial charge in [0.2, 0.25) is 0 Å². The average Bonchev–Trinajstić information content (AvgIpc) is 2.55. The predicted octanol–water partition coefficient (Wildman–Crippen LogP) is 3.30. The minimum absolute atomic E-state index is 0.0771. The maximum atomic E-state index is 12.5. The van der Waals surface area contributed by atoms with E-state index in [0.29, 0.717) is 31.9 Å².